The number of piperidine rings is 1. The highest BCUT2D eigenvalue weighted by molar-refractivity contribution is 7.80. The molecule has 172 valence electrons. The molecular weight excluding hydrogens is 452 g/mol. The Morgan fingerprint density at radius 2 is 1.91 bits per heavy atom. The zero-order valence-electron chi connectivity index (χ0n) is 18.6. The number of carbonyl (C=O) groups excluding carboxylic acids is 1. The highest BCUT2D eigenvalue weighted by Crippen LogP contribution is 2.32. The van der Waals surface area contributed by atoms with E-state index in [0.29, 0.717) is 22.3 Å². The van der Waals surface area contributed by atoms with E-state index < -0.39 is 0 Å². The number of anilines is 2. The van der Waals surface area contributed by atoms with Crippen molar-refractivity contribution in [2.75, 3.05) is 23.7 Å². The quantitative estimate of drug-likeness (QED) is 0.320. The third-order valence-electron chi connectivity index (χ3n) is 6.25. The molecule has 1 amide bonds. The van der Waals surface area contributed by atoms with Gasteiger partial charge in [-0.25, -0.2) is 4.98 Å². The average molecular weight is 481 g/mol. The first-order chi connectivity index (χ1) is 16.0. The average Bonchev–Trinajstić information content (AvgIpc) is 2.84. The zero-order chi connectivity index (χ0) is 23.2. The van der Waals surface area contributed by atoms with Crippen molar-refractivity contribution in [3.8, 4) is 0 Å². The molecule has 1 aliphatic rings. The van der Waals surface area contributed by atoms with Gasteiger partial charge in [0.1, 0.15) is 5.82 Å². The third-order valence-corrected chi connectivity index (χ3v) is 6.76. The van der Waals surface area contributed by atoms with Crippen LogP contribution in [0.2, 0.25) is 5.02 Å². The second-order valence-electron chi connectivity index (χ2n) is 8.54. The summed E-state index contributed by atoms with van der Waals surface area (Å²) in [5.74, 6) is 1.08. The number of hydrogen-bond donors (Lipinski definition) is 4. The molecule has 7 heteroatoms. The summed E-state index contributed by atoms with van der Waals surface area (Å²) in [5.41, 5.74) is 2.77. The van der Waals surface area contributed by atoms with Crippen LogP contribution < -0.4 is 16.0 Å². The molecule has 2 atom stereocenters. The molecule has 0 saturated carbocycles. The molecule has 3 N–H and O–H groups in total. The number of thiol groups is 1. The van der Waals surface area contributed by atoms with Gasteiger partial charge in [0.05, 0.1) is 5.02 Å². The molecule has 1 aromatic heterocycles. The Labute approximate surface area is 205 Å². The van der Waals surface area contributed by atoms with Crippen LogP contribution in [0.4, 0.5) is 11.5 Å². The number of nitrogens with zero attached hydrogens (tertiary/aromatic N) is 1. The van der Waals surface area contributed by atoms with Gasteiger partial charge in [0.25, 0.3) is 5.91 Å². The number of halogens is 1. The third kappa shape index (κ3) is 6.28. The van der Waals surface area contributed by atoms with Gasteiger partial charge in [-0.1, -0.05) is 36.7 Å². The molecule has 2 aromatic carbocycles. The number of hydrogen-bond acceptors (Lipinski definition) is 5. The predicted octanol–water partition coefficient (Wildman–Crippen LogP) is 5.86. The van der Waals surface area contributed by atoms with Crippen molar-refractivity contribution in [2.24, 2.45) is 5.92 Å². The number of nitrogens with one attached hydrogen (secondary N) is 3. The monoisotopic (exact) mass is 480 g/mol. The molecule has 5 nitrogen and oxygen atoms in total. The largest absolute Gasteiger partial charge is 0.381 e. The number of benzene rings is 2. The van der Waals surface area contributed by atoms with Gasteiger partial charge in [0, 0.05) is 34.3 Å². The van der Waals surface area contributed by atoms with E-state index in [2.05, 4.69) is 58.7 Å². The Hall–Kier alpha value is -2.54. The fourth-order valence-corrected chi connectivity index (χ4v) is 4.80. The van der Waals surface area contributed by atoms with Crippen molar-refractivity contribution < 1.29 is 4.79 Å². The van der Waals surface area contributed by atoms with Crippen molar-refractivity contribution in [3.05, 3.63) is 83.0 Å². The minimum absolute atomic E-state index is 0.206. The summed E-state index contributed by atoms with van der Waals surface area (Å²) in [6.07, 6.45) is 3.75. The van der Waals surface area contributed by atoms with E-state index in [9.17, 15) is 4.79 Å². The summed E-state index contributed by atoms with van der Waals surface area (Å²) in [5, 5.41) is 10.6. The Morgan fingerprint density at radius 1 is 1.12 bits per heavy atom. The summed E-state index contributed by atoms with van der Waals surface area (Å²) in [6, 6.07) is 19.6. The fourth-order valence-electron chi connectivity index (χ4n) is 4.45. The summed E-state index contributed by atoms with van der Waals surface area (Å²) in [4.78, 5) is 17.9. The minimum atomic E-state index is -0.206. The van der Waals surface area contributed by atoms with Crippen LogP contribution in [0.15, 0.2) is 71.8 Å². The van der Waals surface area contributed by atoms with Gasteiger partial charge in [0.15, 0.2) is 0 Å². The van der Waals surface area contributed by atoms with E-state index >= 15 is 0 Å². The lowest BCUT2D eigenvalue weighted by Gasteiger charge is -2.36. The summed E-state index contributed by atoms with van der Waals surface area (Å²) in [7, 11) is 0. The lowest BCUT2D eigenvalue weighted by atomic mass is 9.80. The normalized spacial score (nSPS) is 16.1. The van der Waals surface area contributed by atoms with Crippen LogP contribution in [0, 0.1) is 5.92 Å². The minimum Gasteiger partial charge on any atom is -0.381 e. The maximum atomic E-state index is 12.8. The van der Waals surface area contributed by atoms with Crippen LogP contribution in [0.1, 0.15) is 41.6 Å². The number of pyridine rings is 1. The van der Waals surface area contributed by atoms with Crippen LogP contribution >= 0.6 is 24.2 Å². The Bertz CT molecular complexity index is 1090. The lowest BCUT2D eigenvalue weighted by Crippen LogP contribution is -2.40. The predicted molar refractivity (Wildman–Crippen MR) is 139 cm³/mol. The molecule has 3 aromatic rings. The van der Waals surface area contributed by atoms with E-state index in [-0.39, 0.29) is 17.9 Å². The fraction of sp³-hybridized carbons (Fsp3) is 0.308. The molecule has 4 rings (SSSR count). The van der Waals surface area contributed by atoms with E-state index in [1.807, 2.05) is 30.3 Å². The second-order valence-corrected chi connectivity index (χ2v) is 9.49. The summed E-state index contributed by atoms with van der Waals surface area (Å²) in [6.45, 7) is 4.32. The maximum Gasteiger partial charge on any atom is 0.256 e. The van der Waals surface area contributed by atoms with Gasteiger partial charge >= 0.3 is 0 Å². The second kappa shape index (κ2) is 11.1. The van der Waals surface area contributed by atoms with Crippen molar-refractivity contribution in [1.29, 1.82) is 0 Å². The highest BCUT2D eigenvalue weighted by Gasteiger charge is 2.29. The topological polar surface area (TPSA) is 66.0 Å². The number of amides is 1. The van der Waals surface area contributed by atoms with E-state index in [1.54, 1.807) is 12.1 Å². The van der Waals surface area contributed by atoms with Gasteiger partial charge in [0.2, 0.25) is 0 Å². The lowest BCUT2D eigenvalue weighted by molar-refractivity contribution is 0.102. The first-order valence-electron chi connectivity index (χ1n) is 11.3. The highest BCUT2D eigenvalue weighted by atomic mass is 35.5. The molecule has 0 radical (unpaired) electrons. The molecule has 1 aliphatic heterocycles. The molecule has 0 bridgehead atoms. The van der Waals surface area contributed by atoms with Crippen LogP contribution in [0.25, 0.3) is 0 Å². The van der Waals surface area contributed by atoms with Gasteiger partial charge in [-0.05, 0) is 79.9 Å². The summed E-state index contributed by atoms with van der Waals surface area (Å²) >= 11 is 10.4. The molecule has 1 saturated heterocycles. The van der Waals surface area contributed by atoms with Gasteiger partial charge in [-0.15, -0.1) is 12.6 Å². The van der Waals surface area contributed by atoms with Gasteiger partial charge < -0.3 is 16.0 Å². The molecular formula is C26H29ClN4OS. The van der Waals surface area contributed by atoms with E-state index in [1.165, 1.54) is 11.8 Å². The van der Waals surface area contributed by atoms with E-state index in [4.69, 9.17) is 11.6 Å². The number of aromatic nitrogens is 1. The van der Waals surface area contributed by atoms with Crippen LogP contribution in [0.5, 0.6) is 0 Å². The Kier molecular flexibility index (Phi) is 7.91. The van der Waals surface area contributed by atoms with Crippen LogP contribution in [-0.2, 0) is 0 Å². The molecule has 2 heterocycles. The molecule has 0 aliphatic carbocycles. The first-order valence-corrected chi connectivity index (χ1v) is 12.1. The zero-order valence-corrected chi connectivity index (χ0v) is 20.2. The molecule has 2 unspecified atom stereocenters. The maximum absolute atomic E-state index is 12.8. The van der Waals surface area contributed by atoms with Crippen LogP contribution in [-0.4, -0.2) is 30.0 Å². The van der Waals surface area contributed by atoms with Crippen molar-refractivity contribution in [1.82, 2.24) is 10.3 Å². The SMILES string of the molecule is CC(c1cccc(S)c1)C(Nc1cccc(C(=O)Nc2ccc(Cl)cn2)c1)C1CCNCC1. The molecule has 1 fully saturated rings. The van der Waals surface area contributed by atoms with E-state index in [0.717, 1.165) is 36.5 Å². The van der Waals surface area contributed by atoms with Crippen molar-refractivity contribution in [2.45, 2.75) is 36.6 Å². The Balaban J connectivity index is 1.54. The summed E-state index contributed by atoms with van der Waals surface area (Å²) < 4.78 is 0. The number of carbonyl (C=O) groups is 1. The van der Waals surface area contributed by atoms with Crippen molar-refractivity contribution in [3.63, 3.8) is 0 Å². The van der Waals surface area contributed by atoms with Gasteiger partial charge in [-0.2, -0.15) is 0 Å². The molecule has 33 heavy (non-hydrogen) atoms. The van der Waals surface area contributed by atoms with Crippen molar-refractivity contribution >= 4 is 41.6 Å². The van der Waals surface area contributed by atoms with Crippen LogP contribution in [0.3, 0.4) is 0 Å². The smallest absolute Gasteiger partial charge is 0.256 e. The van der Waals surface area contributed by atoms with Gasteiger partial charge in [-0.3, -0.25) is 4.79 Å². The number of rotatable bonds is 7. The molecule has 0 spiro atoms. The Morgan fingerprint density at radius 3 is 2.64 bits per heavy atom. The first kappa shape index (κ1) is 23.6. The standard InChI is InChI=1S/C26H29ClN4OS/c1-17(19-4-3-7-23(33)15-19)25(18-10-12-28-13-11-18)30-22-6-2-5-20(14-22)26(32)31-24-9-8-21(27)16-29-24/h2-9,14-18,25,28,30,33H,10-13H2,1H3,(H,29,31,32).